The third-order valence-corrected chi connectivity index (χ3v) is 4.96. The molecule has 0 radical (unpaired) electrons. The molecule has 1 unspecified atom stereocenters. The zero-order valence-corrected chi connectivity index (χ0v) is 17.3. The fourth-order valence-corrected chi connectivity index (χ4v) is 3.42. The molecule has 1 N–H and O–H groups in total. The SMILES string of the molecule is CN=C(NCc1ccccc1Oc1ccccc1)N1CCC(COCCOC)C1. The molecule has 3 rings (SSSR count). The number of rotatable bonds is 9. The van der Waals surface area contributed by atoms with E-state index < -0.39 is 0 Å². The van der Waals surface area contributed by atoms with Crippen molar-refractivity contribution in [3.05, 3.63) is 60.2 Å². The van der Waals surface area contributed by atoms with Crippen molar-refractivity contribution < 1.29 is 14.2 Å². The molecule has 1 heterocycles. The number of likely N-dealkylation sites (tertiary alicyclic amines) is 1. The van der Waals surface area contributed by atoms with Crippen molar-refractivity contribution in [1.82, 2.24) is 10.2 Å². The summed E-state index contributed by atoms with van der Waals surface area (Å²) < 4.78 is 16.8. The number of guanidine groups is 1. The average molecular weight is 398 g/mol. The van der Waals surface area contributed by atoms with Gasteiger partial charge in [-0.2, -0.15) is 0 Å². The zero-order chi connectivity index (χ0) is 20.3. The van der Waals surface area contributed by atoms with E-state index in [0.717, 1.165) is 49.1 Å². The molecule has 0 saturated carbocycles. The number of benzene rings is 2. The number of methoxy groups -OCH3 is 1. The van der Waals surface area contributed by atoms with E-state index in [1.807, 2.05) is 55.6 Å². The van der Waals surface area contributed by atoms with E-state index in [4.69, 9.17) is 14.2 Å². The second-order valence-corrected chi connectivity index (χ2v) is 7.09. The molecule has 1 atom stereocenters. The highest BCUT2D eigenvalue weighted by Crippen LogP contribution is 2.25. The number of hydrogen-bond acceptors (Lipinski definition) is 4. The van der Waals surface area contributed by atoms with Crippen LogP contribution >= 0.6 is 0 Å². The van der Waals surface area contributed by atoms with E-state index in [0.29, 0.717) is 25.7 Å². The molecule has 0 amide bonds. The Morgan fingerprint density at radius 2 is 1.90 bits per heavy atom. The van der Waals surface area contributed by atoms with Crippen LogP contribution in [0.4, 0.5) is 0 Å². The predicted molar refractivity (Wildman–Crippen MR) is 116 cm³/mol. The van der Waals surface area contributed by atoms with E-state index in [2.05, 4.69) is 21.3 Å². The molecular weight excluding hydrogens is 366 g/mol. The molecule has 1 aliphatic rings. The second-order valence-electron chi connectivity index (χ2n) is 7.09. The lowest BCUT2D eigenvalue weighted by Gasteiger charge is -2.22. The van der Waals surface area contributed by atoms with Crippen molar-refractivity contribution in [2.75, 3.05) is 47.1 Å². The molecule has 156 valence electrons. The van der Waals surface area contributed by atoms with Gasteiger partial charge in [0.25, 0.3) is 0 Å². The van der Waals surface area contributed by atoms with Crippen molar-refractivity contribution in [1.29, 1.82) is 0 Å². The quantitative estimate of drug-likeness (QED) is 0.398. The van der Waals surface area contributed by atoms with Crippen molar-refractivity contribution in [3.63, 3.8) is 0 Å². The Hall–Kier alpha value is -2.57. The van der Waals surface area contributed by atoms with E-state index in [9.17, 15) is 0 Å². The van der Waals surface area contributed by atoms with Gasteiger partial charge in [0, 0.05) is 45.3 Å². The molecule has 6 heteroatoms. The molecular formula is C23H31N3O3. The summed E-state index contributed by atoms with van der Waals surface area (Å²) in [6.45, 7) is 4.66. The average Bonchev–Trinajstić information content (AvgIpc) is 3.22. The van der Waals surface area contributed by atoms with Gasteiger partial charge in [0.1, 0.15) is 11.5 Å². The van der Waals surface area contributed by atoms with Gasteiger partial charge in [-0.15, -0.1) is 0 Å². The fraction of sp³-hybridized carbons (Fsp3) is 0.435. The van der Waals surface area contributed by atoms with Crippen LogP contribution in [-0.4, -0.2) is 57.9 Å². The predicted octanol–water partition coefficient (Wildman–Crippen LogP) is 3.54. The summed E-state index contributed by atoms with van der Waals surface area (Å²) in [7, 11) is 3.52. The van der Waals surface area contributed by atoms with Gasteiger partial charge >= 0.3 is 0 Å². The van der Waals surface area contributed by atoms with Crippen LogP contribution in [0.25, 0.3) is 0 Å². The molecule has 1 saturated heterocycles. The fourth-order valence-electron chi connectivity index (χ4n) is 3.42. The Morgan fingerprint density at radius 1 is 1.10 bits per heavy atom. The lowest BCUT2D eigenvalue weighted by Crippen LogP contribution is -2.39. The van der Waals surface area contributed by atoms with Gasteiger partial charge in [-0.25, -0.2) is 0 Å². The summed E-state index contributed by atoms with van der Waals surface area (Å²) in [6.07, 6.45) is 1.11. The van der Waals surface area contributed by atoms with Crippen LogP contribution in [0.2, 0.25) is 0 Å². The number of hydrogen-bond donors (Lipinski definition) is 1. The maximum atomic E-state index is 6.06. The summed E-state index contributed by atoms with van der Waals surface area (Å²) in [6, 6.07) is 17.9. The molecule has 1 fully saturated rings. The molecule has 0 aliphatic carbocycles. The minimum atomic E-state index is 0.527. The molecule has 29 heavy (non-hydrogen) atoms. The van der Waals surface area contributed by atoms with Gasteiger partial charge in [0.2, 0.25) is 0 Å². The van der Waals surface area contributed by atoms with Crippen LogP contribution in [0.1, 0.15) is 12.0 Å². The smallest absolute Gasteiger partial charge is 0.193 e. The van der Waals surface area contributed by atoms with Gasteiger partial charge < -0.3 is 24.4 Å². The largest absolute Gasteiger partial charge is 0.457 e. The minimum Gasteiger partial charge on any atom is -0.457 e. The van der Waals surface area contributed by atoms with Crippen LogP contribution in [0, 0.1) is 5.92 Å². The monoisotopic (exact) mass is 397 g/mol. The van der Waals surface area contributed by atoms with Crippen molar-refractivity contribution in [2.45, 2.75) is 13.0 Å². The number of para-hydroxylation sites is 2. The van der Waals surface area contributed by atoms with Crippen molar-refractivity contribution >= 4 is 5.96 Å². The second kappa shape index (κ2) is 11.4. The molecule has 0 bridgehead atoms. The molecule has 0 aromatic heterocycles. The molecule has 2 aromatic rings. The Labute approximate surface area is 173 Å². The number of nitrogens with one attached hydrogen (secondary N) is 1. The van der Waals surface area contributed by atoms with Gasteiger partial charge in [-0.1, -0.05) is 36.4 Å². The lowest BCUT2D eigenvalue weighted by molar-refractivity contribution is 0.0536. The standard InChI is InChI=1S/C23H31N3O3/c1-24-23(26-13-12-19(17-26)18-28-15-14-27-2)25-16-20-8-6-7-11-22(20)29-21-9-4-3-5-10-21/h3-11,19H,12-18H2,1-2H3,(H,24,25). The third kappa shape index (κ3) is 6.48. The maximum Gasteiger partial charge on any atom is 0.193 e. The van der Waals surface area contributed by atoms with Gasteiger partial charge in [0.15, 0.2) is 5.96 Å². The number of nitrogens with zero attached hydrogens (tertiary/aromatic N) is 2. The summed E-state index contributed by atoms with van der Waals surface area (Å²) in [5.74, 6) is 3.13. The van der Waals surface area contributed by atoms with E-state index >= 15 is 0 Å². The first-order chi connectivity index (χ1) is 14.3. The first kappa shape index (κ1) is 21.1. The van der Waals surface area contributed by atoms with Crippen LogP contribution in [0.15, 0.2) is 59.6 Å². The number of aliphatic imine (C=N–C) groups is 1. The topological polar surface area (TPSA) is 55.3 Å². The van der Waals surface area contributed by atoms with Crippen molar-refractivity contribution in [3.8, 4) is 11.5 Å². The molecule has 2 aromatic carbocycles. The Bertz CT molecular complexity index is 767. The highest BCUT2D eigenvalue weighted by molar-refractivity contribution is 5.80. The van der Waals surface area contributed by atoms with Gasteiger partial charge in [-0.3, -0.25) is 4.99 Å². The summed E-state index contributed by atoms with van der Waals surface area (Å²) in [5.41, 5.74) is 1.09. The summed E-state index contributed by atoms with van der Waals surface area (Å²) in [4.78, 5) is 6.77. The Balaban J connectivity index is 1.52. The maximum absolute atomic E-state index is 6.06. The normalized spacial score (nSPS) is 16.8. The van der Waals surface area contributed by atoms with Gasteiger partial charge in [-0.05, 0) is 24.6 Å². The third-order valence-electron chi connectivity index (χ3n) is 4.96. The highest BCUT2D eigenvalue weighted by atomic mass is 16.5. The first-order valence-corrected chi connectivity index (χ1v) is 10.1. The number of ether oxygens (including phenoxy) is 3. The molecule has 0 spiro atoms. The van der Waals surface area contributed by atoms with Crippen LogP contribution in [0.5, 0.6) is 11.5 Å². The van der Waals surface area contributed by atoms with Crippen LogP contribution < -0.4 is 10.1 Å². The minimum absolute atomic E-state index is 0.527. The van der Waals surface area contributed by atoms with Gasteiger partial charge in [0.05, 0.1) is 19.8 Å². The summed E-state index contributed by atoms with van der Waals surface area (Å²) in [5, 5.41) is 3.49. The lowest BCUT2D eigenvalue weighted by atomic mass is 10.1. The molecule has 1 aliphatic heterocycles. The summed E-state index contributed by atoms with van der Waals surface area (Å²) >= 11 is 0. The Kier molecular flexibility index (Phi) is 8.34. The van der Waals surface area contributed by atoms with E-state index in [1.165, 1.54) is 0 Å². The first-order valence-electron chi connectivity index (χ1n) is 10.1. The highest BCUT2D eigenvalue weighted by Gasteiger charge is 2.25. The zero-order valence-electron chi connectivity index (χ0n) is 17.3. The van der Waals surface area contributed by atoms with Crippen LogP contribution in [0.3, 0.4) is 0 Å². The van der Waals surface area contributed by atoms with E-state index in [1.54, 1.807) is 7.11 Å². The molecule has 6 nitrogen and oxygen atoms in total. The Morgan fingerprint density at radius 3 is 2.69 bits per heavy atom. The van der Waals surface area contributed by atoms with Crippen molar-refractivity contribution in [2.24, 2.45) is 10.9 Å². The van der Waals surface area contributed by atoms with E-state index in [-0.39, 0.29) is 0 Å². The van der Waals surface area contributed by atoms with Crippen LogP contribution in [-0.2, 0) is 16.0 Å².